The molecule has 200 valence electrons. The lowest BCUT2D eigenvalue weighted by molar-refractivity contribution is -0.142. The molecule has 0 aliphatic heterocycles. The zero-order valence-electron chi connectivity index (χ0n) is 20.1. The van der Waals surface area contributed by atoms with Gasteiger partial charge in [0.25, 0.3) is 0 Å². The minimum absolute atomic E-state index is 0.0548. The summed E-state index contributed by atoms with van der Waals surface area (Å²) in [5, 5.41) is 26.0. The van der Waals surface area contributed by atoms with Crippen LogP contribution in [-0.2, 0) is 36.8 Å². The number of hydrogen-bond acceptors (Lipinski definition) is 8. The zero-order chi connectivity index (χ0) is 27.5. The highest BCUT2D eigenvalue weighted by atomic mass is 16.4. The molecular formula is C23H31N7O7. The first-order valence-corrected chi connectivity index (χ1v) is 11.4. The van der Waals surface area contributed by atoms with Gasteiger partial charge in [0.2, 0.25) is 23.6 Å². The predicted molar refractivity (Wildman–Crippen MR) is 130 cm³/mol. The molecule has 1 aromatic heterocycles. The van der Waals surface area contributed by atoms with E-state index in [9.17, 15) is 34.2 Å². The van der Waals surface area contributed by atoms with Crippen molar-refractivity contribution in [3.05, 3.63) is 48.0 Å². The largest absolute Gasteiger partial charge is 0.508 e. The third-order valence-corrected chi connectivity index (χ3v) is 5.39. The molecule has 0 fully saturated rings. The quantitative estimate of drug-likeness (QED) is 0.139. The van der Waals surface area contributed by atoms with E-state index < -0.39 is 53.8 Å². The van der Waals surface area contributed by atoms with Gasteiger partial charge >= 0.3 is 5.97 Å². The maximum Gasteiger partial charge on any atom is 0.326 e. The molecule has 2 aromatic rings. The van der Waals surface area contributed by atoms with Crippen molar-refractivity contribution in [1.82, 2.24) is 25.9 Å². The number of phenols is 1. The topological polar surface area (TPSA) is 243 Å². The van der Waals surface area contributed by atoms with Gasteiger partial charge in [-0.3, -0.25) is 19.2 Å². The molecule has 37 heavy (non-hydrogen) atoms. The molecule has 4 amide bonds. The number of nitrogens with one attached hydrogen (secondary N) is 4. The minimum atomic E-state index is -1.41. The summed E-state index contributed by atoms with van der Waals surface area (Å²) >= 11 is 0. The maximum absolute atomic E-state index is 12.9. The minimum Gasteiger partial charge on any atom is -0.508 e. The second-order valence-corrected chi connectivity index (χ2v) is 8.45. The van der Waals surface area contributed by atoms with E-state index in [0.717, 1.165) is 0 Å². The van der Waals surface area contributed by atoms with Crippen molar-refractivity contribution < 1.29 is 34.2 Å². The summed E-state index contributed by atoms with van der Waals surface area (Å²) < 4.78 is 0. The highest BCUT2D eigenvalue weighted by Gasteiger charge is 2.29. The van der Waals surface area contributed by atoms with E-state index >= 15 is 0 Å². The standard InChI is InChI=1S/C23H31N7O7/c1-12(28-21(34)16(24)8-13-2-4-15(31)5-3-13)20(33)30-18(9-14-10-26-11-27-14)22(35)29-17(23(36)37)6-7-19(25)32/h2-5,10-12,16-18,31H,6-9,24H2,1H3,(H2,25,32)(H,26,27)(H,28,34)(H,29,35)(H,30,33)(H,36,37). The Hall–Kier alpha value is -4.46. The van der Waals surface area contributed by atoms with Crippen molar-refractivity contribution in [2.24, 2.45) is 11.5 Å². The van der Waals surface area contributed by atoms with Crippen LogP contribution in [0.5, 0.6) is 5.75 Å². The molecule has 4 unspecified atom stereocenters. The van der Waals surface area contributed by atoms with Crippen LogP contribution >= 0.6 is 0 Å². The maximum atomic E-state index is 12.9. The van der Waals surface area contributed by atoms with Gasteiger partial charge in [0, 0.05) is 24.7 Å². The lowest BCUT2D eigenvalue weighted by atomic mass is 10.1. The molecule has 0 saturated heterocycles. The Morgan fingerprint density at radius 2 is 1.62 bits per heavy atom. The number of carbonyl (C=O) groups excluding carboxylic acids is 4. The summed E-state index contributed by atoms with van der Waals surface area (Å²) in [7, 11) is 0. The molecular weight excluding hydrogens is 486 g/mol. The van der Waals surface area contributed by atoms with Crippen LogP contribution in [0.25, 0.3) is 0 Å². The SMILES string of the molecule is CC(NC(=O)C(N)Cc1ccc(O)cc1)C(=O)NC(Cc1cnc[nH]1)C(=O)NC(CCC(N)=O)C(=O)O. The highest BCUT2D eigenvalue weighted by molar-refractivity contribution is 5.94. The molecule has 0 aliphatic rings. The molecule has 2 rings (SSSR count). The number of nitrogens with two attached hydrogens (primary N) is 2. The first-order chi connectivity index (χ1) is 17.5. The molecule has 0 bridgehead atoms. The predicted octanol–water partition coefficient (Wildman–Crippen LogP) is -1.95. The second-order valence-electron chi connectivity index (χ2n) is 8.45. The summed E-state index contributed by atoms with van der Waals surface area (Å²) in [6, 6.07) is 1.46. The van der Waals surface area contributed by atoms with Crippen molar-refractivity contribution in [3.63, 3.8) is 0 Å². The Bertz CT molecular complexity index is 1090. The number of carbonyl (C=O) groups is 5. The van der Waals surface area contributed by atoms with Gasteiger partial charge in [0.15, 0.2) is 0 Å². The number of aromatic nitrogens is 2. The van der Waals surface area contributed by atoms with Gasteiger partial charge in [-0.1, -0.05) is 12.1 Å². The first-order valence-electron chi connectivity index (χ1n) is 11.4. The number of hydrogen-bond donors (Lipinski definition) is 8. The van der Waals surface area contributed by atoms with E-state index in [1.165, 1.54) is 31.6 Å². The fourth-order valence-corrected chi connectivity index (χ4v) is 3.30. The number of amides is 4. The van der Waals surface area contributed by atoms with Crippen molar-refractivity contribution >= 4 is 29.6 Å². The van der Waals surface area contributed by atoms with Crippen LogP contribution in [0.15, 0.2) is 36.8 Å². The van der Waals surface area contributed by atoms with Crippen LogP contribution in [0, 0.1) is 0 Å². The van der Waals surface area contributed by atoms with Crippen LogP contribution in [0.2, 0.25) is 0 Å². The van der Waals surface area contributed by atoms with Crippen molar-refractivity contribution in [1.29, 1.82) is 0 Å². The summed E-state index contributed by atoms with van der Waals surface area (Å²) in [5.41, 5.74) is 12.2. The Morgan fingerprint density at radius 1 is 0.973 bits per heavy atom. The summed E-state index contributed by atoms with van der Waals surface area (Å²) in [4.78, 5) is 67.3. The number of carboxylic acids is 1. The van der Waals surface area contributed by atoms with Crippen LogP contribution in [0.1, 0.15) is 31.0 Å². The fraction of sp³-hybridized carbons (Fsp3) is 0.391. The fourth-order valence-electron chi connectivity index (χ4n) is 3.30. The van der Waals surface area contributed by atoms with E-state index in [1.807, 2.05) is 0 Å². The van der Waals surface area contributed by atoms with Crippen molar-refractivity contribution in [3.8, 4) is 5.75 Å². The van der Waals surface area contributed by atoms with Gasteiger partial charge in [0.05, 0.1) is 12.4 Å². The third-order valence-electron chi connectivity index (χ3n) is 5.39. The molecule has 0 aliphatic carbocycles. The van der Waals surface area contributed by atoms with E-state index in [-0.39, 0.29) is 31.4 Å². The Morgan fingerprint density at radius 3 is 2.19 bits per heavy atom. The van der Waals surface area contributed by atoms with Gasteiger partial charge in [-0.05, 0) is 37.5 Å². The number of H-pyrrole nitrogens is 1. The summed E-state index contributed by atoms with van der Waals surface area (Å²) in [6.45, 7) is 1.40. The number of imidazole rings is 1. The van der Waals surface area contributed by atoms with Crippen molar-refractivity contribution in [2.45, 2.75) is 56.8 Å². The van der Waals surface area contributed by atoms with Crippen LogP contribution in [0.4, 0.5) is 0 Å². The molecule has 0 radical (unpaired) electrons. The zero-order valence-corrected chi connectivity index (χ0v) is 20.1. The van der Waals surface area contributed by atoms with Crippen LogP contribution < -0.4 is 27.4 Å². The van der Waals surface area contributed by atoms with E-state index in [0.29, 0.717) is 11.3 Å². The van der Waals surface area contributed by atoms with Crippen LogP contribution in [-0.4, -0.2) is 73.9 Å². The smallest absolute Gasteiger partial charge is 0.326 e. The third kappa shape index (κ3) is 9.60. The van der Waals surface area contributed by atoms with Gasteiger partial charge in [-0.15, -0.1) is 0 Å². The van der Waals surface area contributed by atoms with Crippen molar-refractivity contribution in [2.75, 3.05) is 0 Å². The molecule has 0 spiro atoms. The average molecular weight is 518 g/mol. The number of carboxylic acid groups (broad SMARTS) is 1. The average Bonchev–Trinajstić information content (AvgIpc) is 3.35. The molecule has 0 saturated carbocycles. The first kappa shape index (κ1) is 28.8. The summed E-state index contributed by atoms with van der Waals surface area (Å²) in [6.07, 6.45) is 2.42. The lowest BCUT2D eigenvalue weighted by Gasteiger charge is -2.23. The number of rotatable bonds is 14. The number of nitrogens with zero attached hydrogens (tertiary/aromatic N) is 1. The Kier molecular flexibility index (Phi) is 10.6. The van der Waals surface area contributed by atoms with Gasteiger partial charge in [0.1, 0.15) is 23.9 Å². The normalized spacial score (nSPS) is 14.0. The van der Waals surface area contributed by atoms with E-state index in [2.05, 4.69) is 25.9 Å². The molecule has 14 heteroatoms. The number of benzene rings is 1. The lowest BCUT2D eigenvalue weighted by Crippen LogP contribution is -2.57. The Balaban J connectivity index is 2.03. The second kappa shape index (κ2) is 13.6. The monoisotopic (exact) mass is 517 g/mol. The Labute approximate surface area is 212 Å². The molecule has 1 aromatic carbocycles. The number of phenolic OH excluding ortho intramolecular Hbond substituents is 1. The van der Waals surface area contributed by atoms with E-state index in [4.69, 9.17) is 11.5 Å². The van der Waals surface area contributed by atoms with Gasteiger partial charge in [-0.25, -0.2) is 9.78 Å². The molecule has 4 atom stereocenters. The molecule has 14 nitrogen and oxygen atoms in total. The number of primary amides is 1. The number of aromatic amines is 1. The van der Waals surface area contributed by atoms with Gasteiger partial charge in [-0.2, -0.15) is 0 Å². The molecule has 1 heterocycles. The van der Waals surface area contributed by atoms with Crippen LogP contribution in [0.3, 0.4) is 0 Å². The summed E-state index contributed by atoms with van der Waals surface area (Å²) in [5.74, 6) is -4.16. The highest BCUT2D eigenvalue weighted by Crippen LogP contribution is 2.11. The number of aromatic hydroxyl groups is 1. The molecule has 10 N–H and O–H groups in total. The van der Waals surface area contributed by atoms with Gasteiger partial charge < -0.3 is 42.6 Å². The number of aliphatic carboxylic acids is 1. The van der Waals surface area contributed by atoms with E-state index in [1.54, 1.807) is 12.1 Å².